The van der Waals surface area contributed by atoms with Gasteiger partial charge in [-0.15, -0.1) is 0 Å². The lowest BCUT2D eigenvalue weighted by atomic mass is 9.96. The van der Waals surface area contributed by atoms with Gasteiger partial charge in [0.25, 0.3) is 0 Å². The van der Waals surface area contributed by atoms with Crippen LogP contribution in [0.5, 0.6) is 0 Å². The number of benzene rings is 2. The molecule has 1 fully saturated rings. The number of piperidine rings is 1. The summed E-state index contributed by atoms with van der Waals surface area (Å²) in [5.74, 6) is 0.237. The van der Waals surface area contributed by atoms with Crippen LogP contribution in [0.4, 0.5) is 5.69 Å². The van der Waals surface area contributed by atoms with Gasteiger partial charge in [0.05, 0.1) is 5.92 Å². The van der Waals surface area contributed by atoms with Crippen molar-refractivity contribution in [2.24, 2.45) is 5.92 Å². The first kappa shape index (κ1) is 16.7. The van der Waals surface area contributed by atoms with E-state index in [1.54, 1.807) is 0 Å². The van der Waals surface area contributed by atoms with Gasteiger partial charge in [-0.1, -0.05) is 55.5 Å². The molecule has 0 saturated carbocycles. The average Bonchev–Trinajstić information content (AvgIpc) is 2.63. The van der Waals surface area contributed by atoms with Crippen LogP contribution in [0.1, 0.15) is 30.9 Å². The van der Waals surface area contributed by atoms with Gasteiger partial charge in [-0.05, 0) is 43.0 Å². The Hall–Kier alpha value is -2.13. The largest absolute Gasteiger partial charge is 0.326 e. The highest BCUT2D eigenvalue weighted by Crippen LogP contribution is 2.22. The van der Waals surface area contributed by atoms with E-state index in [1.807, 2.05) is 24.3 Å². The minimum absolute atomic E-state index is 0.0763. The van der Waals surface area contributed by atoms with E-state index < -0.39 is 0 Å². The van der Waals surface area contributed by atoms with Crippen LogP contribution in [0.25, 0.3) is 0 Å². The van der Waals surface area contributed by atoms with E-state index in [-0.39, 0.29) is 11.8 Å². The molecule has 126 valence electrons. The summed E-state index contributed by atoms with van der Waals surface area (Å²) in [5.41, 5.74) is 3.47. The third-order valence-electron chi connectivity index (χ3n) is 4.78. The Morgan fingerprint density at radius 1 is 1.12 bits per heavy atom. The first-order valence-electron chi connectivity index (χ1n) is 8.91. The van der Waals surface area contributed by atoms with Crippen LogP contribution < -0.4 is 5.32 Å². The van der Waals surface area contributed by atoms with E-state index in [0.29, 0.717) is 0 Å². The van der Waals surface area contributed by atoms with Crippen molar-refractivity contribution in [3.05, 3.63) is 65.7 Å². The number of nitrogens with one attached hydrogen (secondary N) is 1. The lowest BCUT2D eigenvalue weighted by Crippen LogP contribution is -2.40. The molecule has 0 bridgehead atoms. The van der Waals surface area contributed by atoms with Crippen molar-refractivity contribution in [2.75, 3.05) is 18.4 Å². The number of hydrogen-bond acceptors (Lipinski definition) is 2. The maximum absolute atomic E-state index is 12.7. The topological polar surface area (TPSA) is 32.3 Å². The molecule has 2 aromatic rings. The summed E-state index contributed by atoms with van der Waals surface area (Å²) < 4.78 is 0. The Bertz CT molecular complexity index is 669. The average molecular weight is 322 g/mol. The second-order valence-electron chi connectivity index (χ2n) is 6.56. The molecule has 1 atom stereocenters. The van der Waals surface area contributed by atoms with Gasteiger partial charge in [0.2, 0.25) is 5.91 Å². The number of para-hydroxylation sites is 1. The number of hydrogen-bond donors (Lipinski definition) is 1. The fourth-order valence-electron chi connectivity index (χ4n) is 3.44. The standard InChI is InChI=1S/C21H26N2O/c1-2-18-11-6-7-13-20(18)22-21(24)19-12-8-14-23(16-19)15-17-9-4-3-5-10-17/h3-7,9-11,13,19H,2,8,12,14-16H2,1H3,(H,22,24)/t19-/m1/s1. The zero-order chi connectivity index (χ0) is 16.8. The minimum Gasteiger partial charge on any atom is -0.326 e. The molecule has 1 aliphatic rings. The molecule has 2 aromatic carbocycles. The van der Waals surface area contributed by atoms with Gasteiger partial charge in [0.1, 0.15) is 0 Å². The lowest BCUT2D eigenvalue weighted by Gasteiger charge is -2.32. The first-order valence-corrected chi connectivity index (χ1v) is 8.91. The third-order valence-corrected chi connectivity index (χ3v) is 4.78. The molecule has 1 amide bonds. The van der Waals surface area contributed by atoms with Gasteiger partial charge in [-0.3, -0.25) is 9.69 Å². The van der Waals surface area contributed by atoms with E-state index in [1.165, 1.54) is 11.1 Å². The van der Waals surface area contributed by atoms with E-state index in [9.17, 15) is 4.79 Å². The van der Waals surface area contributed by atoms with E-state index in [0.717, 1.165) is 44.6 Å². The van der Waals surface area contributed by atoms with Gasteiger partial charge in [-0.25, -0.2) is 0 Å². The molecule has 0 radical (unpaired) electrons. The van der Waals surface area contributed by atoms with Crippen LogP contribution in [0.3, 0.4) is 0 Å². The van der Waals surface area contributed by atoms with Crippen LogP contribution in [-0.4, -0.2) is 23.9 Å². The number of carbonyl (C=O) groups excluding carboxylic acids is 1. The maximum Gasteiger partial charge on any atom is 0.228 e. The Balaban J connectivity index is 1.60. The van der Waals surface area contributed by atoms with Gasteiger partial charge in [-0.2, -0.15) is 0 Å². The zero-order valence-corrected chi connectivity index (χ0v) is 14.4. The second-order valence-corrected chi connectivity index (χ2v) is 6.56. The van der Waals surface area contributed by atoms with Crippen LogP contribution >= 0.6 is 0 Å². The van der Waals surface area contributed by atoms with E-state index in [2.05, 4.69) is 47.5 Å². The summed E-state index contributed by atoms with van der Waals surface area (Å²) in [6, 6.07) is 18.6. The van der Waals surface area contributed by atoms with Gasteiger partial charge in [0, 0.05) is 18.8 Å². The highest BCUT2D eigenvalue weighted by molar-refractivity contribution is 5.93. The number of nitrogens with zero attached hydrogens (tertiary/aromatic N) is 1. The Kier molecular flexibility index (Phi) is 5.65. The molecule has 1 saturated heterocycles. The van der Waals surface area contributed by atoms with Gasteiger partial charge < -0.3 is 5.32 Å². The van der Waals surface area contributed by atoms with Gasteiger partial charge >= 0.3 is 0 Å². The SMILES string of the molecule is CCc1ccccc1NC(=O)[C@@H]1CCCN(Cc2ccccc2)C1. The fraction of sp³-hybridized carbons (Fsp3) is 0.381. The van der Waals surface area contributed by atoms with Crippen LogP contribution in [0, 0.1) is 5.92 Å². The highest BCUT2D eigenvalue weighted by atomic mass is 16.1. The van der Waals surface area contributed by atoms with Crippen LogP contribution in [0.15, 0.2) is 54.6 Å². The summed E-state index contributed by atoms with van der Waals surface area (Å²) in [5, 5.41) is 3.15. The lowest BCUT2D eigenvalue weighted by molar-refractivity contribution is -0.121. The number of carbonyl (C=O) groups is 1. The zero-order valence-electron chi connectivity index (χ0n) is 14.4. The van der Waals surface area contributed by atoms with Crippen molar-refractivity contribution in [1.29, 1.82) is 0 Å². The predicted molar refractivity (Wildman–Crippen MR) is 98.9 cm³/mol. The van der Waals surface area contributed by atoms with Crippen molar-refractivity contribution in [3.63, 3.8) is 0 Å². The predicted octanol–water partition coefficient (Wildman–Crippen LogP) is 4.10. The quantitative estimate of drug-likeness (QED) is 0.899. The van der Waals surface area contributed by atoms with Crippen LogP contribution in [-0.2, 0) is 17.8 Å². The minimum atomic E-state index is 0.0763. The molecule has 3 heteroatoms. The Labute approximate surface area is 144 Å². The summed E-state index contributed by atoms with van der Waals surface area (Å²) in [6.07, 6.45) is 2.99. The number of rotatable bonds is 5. The fourth-order valence-corrected chi connectivity index (χ4v) is 3.44. The van der Waals surface area contributed by atoms with Crippen molar-refractivity contribution in [1.82, 2.24) is 4.90 Å². The molecule has 0 aliphatic carbocycles. The molecule has 0 spiro atoms. The van der Waals surface area contributed by atoms with Crippen molar-refractivity contribution in [3.8, 4) is 0 Å². The monoisotopic (exact) mass is 322 g/mol. The highest BCUT2D eigenvalue weighted by Gasteiger charge is 2.26. The van der Waals surface area contributed by atoms with E-state index >= 15 is 0 Å². The smallest absolute Gasteiger partial charge is 0.228 e. The molecule has 24 heavy (non-hydrogen) atoms. The normalized spacial score (nSPS) is 18.3. The number of likely N-dealkylation sites (tertiary alicyclic amines) is 1. The molecule has 3 rings (SSSR count). The van der Waals surface area contributed by atoms with Crippen molar-refractivity contribution in [2.45, 2.75) is 32.7 Å². The second kappa shape index (κ2) is 8.11. The van der Waals surface area contributed by atoms with Crippen molar-refractivity contribution < 1.29 is 4.79 Å². The van der Waals surface area contributed by atoms with Gasteiger partial charge in [0.15, 0.2) is 0 Å². The molecule has 0 unspecified atom stereocenters. The summed E-state index contributed by atoms with van der Waals surface area (Å²) in [4.78, 5) is 15.1. The number of amides is 1. The molecular formula is C21H26N2O. The Morgan fingerprint density at radius 2 is 1.88 bits per heavy atom. The molecule has 0 aromatic heterocycles. The number of anilines is 1. The third kappa shape index (κ3) is 4.24. The maximum atomic E-state index is 12.7. The Morgan fingerprint density at radius 3 is 2.67 bits per heavy atom. The summed E-state index contributed by atoms with van der Waals surface area (Å²) in [7, 11) is 0. The van der Waals surface area contributed by atoms with Crippen LogP contribution in [0.2, 0.25) is 0 Å². The molecule has 1 heterocycles. The molecule has 1 aliphatic heterocycles. The number of aryl methyl sites for hydroxylation is 1. The summed E-state index contributed by atoms with van der Waals surface area (Å²) in [6.45, 7) is 4.96. The first-order chi connectivity index (χ1) is 11.8. The molecular weight excluding hydrogens is 296 g/mol. The summed E-state index contributed by atoms with van der Waals surface area (Å²) >= 11 is 0. The molecule has 1 N–H and O–H groups in total. The van der Waals surface area contributed by atoms with E-state index in [4.69, 9.17) is 0 Å². The van der Waals surface area contributed by atoms with Crippen molar-refractivity contribution >= 4 is 11.6 Å². The molecule has 3 nitrogen and oxygen atoms in total.